The number of β-amino-alcohol motifs (C(OH)–C–C–N with tert-alkyl or cyclic N) is 1. The Labute approximate surface area is 229 Å². The summed E-state index contributed by atoms with van der Waals surface area (Å²) < 4.78 is 23.4. The van der Waals surface area contributed by atoms with Crippen LogP contribution >= 0.6 is 0 Å². The number of aliphatic hydroxyl groups excluding tert-OH is 1. The van der Waals surface area contributed by atoms with Crippen LogP contribution in [0.2, 0.25) is 0 Å². The molecule has 1 aliphatic heterocycles. The number of benzene rings is 3. The van der Waals surface area contributed by atoms with Crippen LogP contribution in [0.3, 0.4) is 0 Å². The van der Waals surface area contributed by atoms with E-state index >= 15 is 0 Å². The molecular formula is C32H36N2O5. The number of hydrogen-bond donors (Lipinski definition) is 1. The molecule has 1 fully saturated rings. The summed E-state index contributed by atoms with van der Waals surface area (Å²) in [6, 6.07) is 25.8. The van der Waals surface area contributed by atoms with Gasteiger partial charge in [0.25, 0.3) is 0 Å². The SMILES string of the molecule is COc1ccc(C(OC2CCN(CC(O)COc3cccc4ncccc34)CC2)c2ccc(OC)cc2)cc1. The van der Waals surface area contributed by atoms with Crippen LogP contribution in [0.25, 0.3) is 10.9 Å². The lowest BCUT2D eigenvalue weighted by molar-refractivity contribution is -0.0346. The zero-order valence-electron chi connectivity index (χ0n) is 22.5. The summed E-state index contributed by atoms with van der Waals surface area (Å²) in [6.07, 6.45) is 2.90. The first-order valence-corrected chi connectivity index (χ1v) is 13.4. The number of aromatic nitrogens is 1. The summed E-state index contributed by atoms with van der Waals surface area (Å²) in [7, 11) is 3.34. The van der Waals surface area contributed by atoms with Crippen molar-refractivity contribution in [2.75, 3.05) is 40.5 Å². The number of piperidine rings is 1. The molecule has 204 valence electrons. The third-order valence-electron chi connectivity index (χ3n) is 7.21. The van der Waals surface area contributed by atoms with Gasteiger partial charge in [0, 0.05) is 31.2 Å². The summed E-state index contributed by atoms with van der Waals surface area (Å²) >= 11 is 0. The Bertz CT molecular complexity index is 1270. The first-order chi connectivity index (χ1) is 19.1. The number of methoxy groups -OCH3 is 2. The number of fused-ring (bicyclic) bond motifs is 1. The van der Waals surface area contributed by atoms with Gasteiger partial charge < -0.3 is 29.0 Å². The van der Waals surface area contributed by atoms with Gasteiger partial charge >= 0.3 is 0 Å². The van der Waals surface area contributed by atoms with Crippen molar-refractivity contribution in [2.24, 2.45) is 0 Å². The molecule has 1 saturated heterocycles. The van der Waals surface area contributed by atoms with Crippen molar-refractivity contribution in [3.05, 3.63) is 96.2 Å². The highest BCUT2D eigenvalue weighted by Crippen LogP contribution is 2.32. The molecule has 0 aliphatic carbocycles. The van der Waals surface area contributed by atoms with Crippen LogP contribution in [-0.2, 0) is 4.74 Å². The van der Waals surface area contributed by atoms with E-state index in [1.807, 2.05) is 54.6 Å². The molecule has 0 bridgehead atoms. The number of aliphatic hydroxyl groups is 1. The van der Waals surface area contributed by atoms with Gasteiger partial charge in [0.05, 0.1) is 25.8 Å². The average molecular weight is 529 g/mol. The van der Waals surface area contributed by atoms with Gasteiger partial charge in [-0.15, -0.1) is 0 Å². The fourth-order valence-corrected chi connectivity index (χ4v) is 5.07. The highest BCUT2D eigenvalue weighted by atomic mass is 16.5. The van der Waals surface area contributed by atoms with Crippen LogP contribution in [0.15, 0.2) is 85.1 Å². The maximum atomic E-state index is 10.7. The van der Waals surface area contributed by atoms with Gasteiger partial charge in [-0.25, -0.2) is 0 Å². The van der Waals surface area contributed by atoms with E-state index in [0.717, 1.165) is 65.2 Å². The highest BCUT2D eigenvalue weighted by Gasteiger charge is 2.26. The van der Waals surface area contributed by atoms with E-state index in [1.54, 1.807) is 20.4 Å². The van der Waals surface area contributed by atoms with Crippen LogP contribution in [0, 0.1) is 0 Å². The molecule has 1 aromatic heterocycles. The molecule has 7 nitrogen and oxygen atoms in total. The first-order valence-electron chi connectivity index (χ1n) is 13.4. The maximum Gasteiger partial charge on any atom is 0.128 e. The van der Waals surface area contributed by atoms with Gasteiger partial charge in [0.15, 0.2) is 0 Å². The molecule has 1 atom stereocenters. The Hall–Kier alpha value is -3.65. The molecule has 0 amide bonds. The van der Waals surface area contributed by atoms with Crippen molar-refractivity contribution < 1.29 is 24.1 Å². The monoisotopic (exact) mass is 528 g/mol. The second-order valence-electron chi connectivity index (χ2n) is 9.85. The summed E-state index contributed by atoms with van der Waals surface area (Å²) in [5.41, 5.74) is 3.05. The normalized spacial score (nSPS) is 15.4. The fraction of sp³-hybridized carbons (Fsp3) is 0.344. The van der Waals surface area contributed by atoms with E-state index in [1.165, 1.54) is 0 Å². The van der Waals surface area contributed by atoms with Crippen molar-refractivity contribution >= 4 is 10.9 Å². The van der Waals surface area contributed by atoms with Crippen LogP contribution < -0.4 is 14.2 Å². The van der Waals surface area contributed by atoms with Crippen molar-refractivity contribution in [1.82, 2.24) is 9.88 Å². The Morgan fingerprint density at radius 3 is 2.10 bits per heavy atom. The molecular weight excluding hydrogens is 492 g/mol. The molecule has 1 aliphatic rings. The predicted octanol–water partition coefficient (Wildman–Crippen LogP) is 5.26. The quantitative estimate of drug-likeness (QED) is 0.285. The summed E-state index contributed by atoms with van der Waals surface area (Å²) in [4.78, 5) is 6.66. The zero-order valence-corrected chi connectivity index (χ0v) is 22.5. The predicted molar refractivity (Wildman–Crippen MR) is 152 cm³/mol. The molecule has 2 heterocycles. The highest BCUT2D eigenvalue weighted by molar-refractivity contribution is 5.84. The maximum absolute atomic E-state index is 10.7. The van der Waals surface area contributed by atoms with E-state index in [4.69, 9.17) is 18.9 Å². The topological polar surface area (TPSA) is 73.3 Å². The Kier molecular flexibility index (Phi) is 8.93. The van der Waals surface area contributed by atoms with Gasteiger partial charge in [-0.3, -0.25) is 4.98 Å². The zero-order chi connectivity index (χ0) is 27.0. The van der Waals surface area contributed by atoms with Crippen molar-refractivity contribution in [3.8, 4) is 17.2 Å². The number of pyridine rings is 1. The Balaban J connectivity index is 1.16. The molecule has 39 heavy (non-hydrogen) atoms. The molecule has 1 unspecified atom stereocenters. The lowest BCUT2D eigenvalue weighted by Gasteiger charge is -2.35. The van der Waals surface area contributed by atoms with E-state index in [-0.39, 0.29) is 18.8 Å². The molecule has 4 aromatic rings. The minimum Gasteiger partial charge on any atom is -0.497 e. The van der Waals surface area contributed by atoms with Crippen LogP contribution in [0.4, 0.5) is 0 Å². The largest absolute Gasteiger partial charge is 0.497 e. The number of ether oxygens (including phenoxy) is 4. The van der Waals surface area contributed by atoms with Crippen molar-refractivity contribution in [2.45, 2.75) is 31.2 Å². The van der Waals surface area contributed by atoms with Gasteiger partial charge in [-0.05, 0) is 72.5 Å². The molecule has 1 N–H and O–H groups in total. The second kappa shape index (κ2) is 12.9. The van der Waals surface area contributed by atoms with Crippen molar-refractivity contribution in [1.29, 1.82) is 0 Å². The van der Waals surface area contributed by atoms with Crippen LogP contribution in [-0.4, -0.2) is 67.7 Å². The molecule has 0 radical (unpaired) electrons. The first kappa shape index (κ1) is 26.9. The van der Waals surface area contributed by atoms with Gasteiger partial charge in [-0.2, -0.15) is 0 Å². The third-order valence-corrected chi connectivity index (χ3v) is 7.21. The number of hydrogen-bond acceptors (Lipinski definition) is 7. The minimum absolute atomic E-state index is 0.118. The molecule has 0 spiro atoms. The second-order valence-corrected chi connectivity index (χ2v) is 9.85. The fourth-order valence-electron chi connectivity index (χ4n) is 5.07. The summed E-state index contributed by atoms with van der Waals surface area (Å²) in [5.74, 6) is 2.38. The lowest BCUT2D eigenvalue weighted by atomic mass is 9.99. The van der Waals surface area contributed by atoms with Gasteiger partial charge in [0.2, 0.25) is 0 Å². The van der Waals surface area contributed by atoms with Crippen LogP contribution in [0.1, 0.15) is 30.1 Å². The van der Waals surface area contributed by atoms with E-state index < -0.39 is 6.10 Å². The summed E-state index contributed by atoms with van der Waals surface area (Å²) in [5, 5.41) is 11.6. The number of likely N-dealkylation sites (tertiary alicyclic amines) is 1. The third kappa shape index (κ3) is 6.87. The van der Waals surface area contributed by atoms with Crippen molar-refractivity contribution in [3.63, 3.8) is 0 Å². The number of rotatable bonds is 11. The summed E-state index contributed by atoms with van der Waals surface area (Å²) in [6.45, 7) is 2.52. The van der Waals surface area contributed by atoms with Crippen LogP contribution in [0.5, 0.6) is 17.2 Å². The minimum atomic E-state index is -0.583. The van der Waals surface area contributed by atoms with Gasteiger partial charge in [0.1, 0.15) is 36.1 Å². The lowest BCUT2D eigenvalue weighted by Crippen LogP contribution is -2.42. The molecule has 5 rings (SSSR count). The Morgan fingerprint density at radius 2 is 1.49 bits per heavy atom. The molecule has 7 heteroatoms. The smallest absolute Gasteiger partial charge is 0.128 e. The molecule has 3 aromatic carbocycles. The van der Waals surface area contributed by atoms with E-state index in [9.17, 15) is 5.11 Å². The van der Waals surface area contributed by atoms with Gasteiger partial charge in [-0.1, -0.05) is 30.3 Å². The average Bonchev–Trinajstić information content (AvgIpc) is 3.00. The standard InChI is InChI=1S/C32H36N2O5/c1-36-26-12-8-23(9-13-26)32(24-10-14-27(37-2)15-11-24)39-28-16-19-34(20-17-28)21-25(35)22-38-31-7-3-6-30-29(31)5-4-18-33-30/h3-15,18,25,28,32,35H,16-17,19-22H2,1-2H3. The molecule has 0 saturated carbocycles. The Morgan fingerprint density at radius 1 is 0.846 bits per heavy atom. The van der Waals surface area contributed by atoms with E-state index in [2.05, 4.69) is 34.1 Å². The van der Waals surface area contributed by atoms with E-state index in [0.29, 0.717) is 6.54 Å². The number of nitrogens with zero attached hydrogens (tertiary/aromatic N) is 2.